The Bertz CT molecular complexity index is 559. The van der Waals surface area contributed by atoms with Crippen molar-refractivity contribution in [3.63, 3.8) is 0 Å². The van der Waals surface area contributed by atoms with Crippen LogP contribution in [0.25, 0.3) is 0 Å². The molecule has 1 aliphatic heterocycles. The fourth-order valence-electron chi connectivity index (χ4n) is 2.64. The second kappa shape index (κ2) is 7.09. The van der Waals surface area contributed by atoms with Crippen LogP contribution in [0, 0.1) is 19.8 Å². The predicted molar refractivity (Wildman–Crippen MR) is 83.8 cm³/mol. The Kier molecular flexibility index (Phi) is 5.39. The third-order valence-corrected chi connectivity index (χ3v) is 4.59. The van der Waals surface area contributed by atoms with Crippen LogP contribution in [0.2, 0.25) is 0 Å². The van der Waals surface area contributed by atoms with Crippen molar-refractivity contribution >= 4 is 23.6 Å². The summed E-state index contributed by atoms with van der Waals surface area (Å²) in [4.78, 5) is 33.8. The number of carboxylic acid groups (broad SMARTS) is 1. The molecule has 1 aromatic rings. The molecule has 1 saturated heterocycles. The van der Waals surface area contributed by atoms with Crippen LogP contribution < -0.4 is 0 Å². The topological polar surface area (TPSA) is 83.4 Å². The molecule has 0 spiro atoms. The van der Waals surface area contributed by atoms with Crippen LogP contribution in [0.1, 0.15) is 31.2 Å². The molecule has 120 valence electrons. The second-order valence-electron chi connectivity index (χ2n) is 5.79. The summed E-state index contributed by atoms with van der Waals surface area (Å²) in [7, 11) is 0. The minimum absolute atomic E-state index is 0.160. The van der Waals surface area contributed by atoms with Gasteiger partial charge in [0.1, 0.15) is 6.04 Å². The monoisotopic (exact) mass is 323 g/mol. The molecule has 0 radical (unpaired) electrons. The molecular formula is C15H21N3O3S. The van der Waals surface area contributed by atoms with Gasteiger partial charge in [-0.05, 0) is 38.7 Å². The van der Waals surface area contributed by atoms with E-state index in [1.165, 1.54) is 16.7 Å². The van der Waals surface area contributed by atoms with Gasteiger partial charge in [0.15, 0.2) is 5.16 Å². The Balaban J connectivity index is 2.00. The third-order valence-electron chi connectivity index (χ3n) is 3.76. The van der Waals surface area contributed by atoms with Gasteiger partial charge in [-0.1, -0.05) is 18.7 Å². The Morgan fingerprint density at radius 3 is 2.59 bits per heavy atom. The maximum absolute atomic E-state index is 12.3. The summed E-state index contributed by atoms with van der Waals surface area (Å²) in [6.45, 7) is 6.29. The summed E-state index contributed by atoms with van der Waals surface area (Å²) in [5, 5.41) is 9.87. The van der Waals surface area contributed by atoms with Crippen molar-refractivity contribution in [1.82, 2.24) is 14.9 Å². The average molecular weight is 323 g/mol. The number of aromatic nitrogens is 2. The minimum Gasteiger partial charge on any atom is -0.480 e. The first-order valence-corrected chi connectivity index (χ1v) is 8.32. The lowest BCUT2D eigenvalue weighted by Gasteiger charge is -2.35. The Morgan fingerprint density at radius 1 is 1.36 bits per heavy atom. The highest BCUT2D eigenvalue weighted by atomic mass is 32.2. The maximum Gasteiger partial charge on any atom is 0.326 e. The first-order valence-electron chi connectivity index (χ1n) is 7.34. The zero-order valence-electron chi connectivity index (χ0n) is 13.1. The van der Waals surface area contributed by atoms with Crippen LogP contribution in [0.5, 0.6) is 0 Å². The van der Waals surface area contributed by atoms with E-state index in [0.29, 0.717) is 24.0 Å². The number of nitrogens with zero attached hydrogens (tertiary/aromatic N) is 3. The number of piperidine rings is 1. The van der Waals surface area contributed by atoms with Crippen molar-refractivity contribution < 1.29 is 14.7 Å². The highest BCUT2D eigenvalue weighted by Gasteiger charge is 2.34. The van der Waals surface area contributed by atoms with Gasteiger partial charge in [-0.2, -0.15) is 0 Å². The first kappa shape index (κ1) is 16.7. The van der Waals surface area contributed by atoms with E-state index in [9.17, 15) is 14.7 Å². The summed E-state index contributed by atoms with van der Waals surface area (Å²) in [6, 6.07) is 1.16. The molecule has 1 fully saturated rings. The fourth-order valence-corrected chi connectivity index (χ4v) is 3.48. The van der Waals surface area contributed by atoms with Crippen molar-refractivity contribution in [3.05, 3.63) is 17.5 Å². The molecule has 1 N–H and O–H groups in total. The molecule has 1 amide bonds. The number of amides is 1. The molecule has 1 aliphatic rings. The highest BCUT2D eigenvalue weighted by molar-refractivity contribution is 7.99. The standard InChI is InChI=1S/C15H21N3O3S/c1-9-4-5-18(12(6-9)14(20)21)13(19)8-22-15-16-10(2)7-11(3)17-15/h7,9,12H,4-6,8H2,1-3H3,(H,20,21). The number of aryl methyl sites for hydroxylation is 2. The molecule has 0 bridgehead atoms. The van der Waals surface area contributed by atoms with Crippen LogP contribution in [-0.2, 0) is 9.59 Å². The molecule has 0 saturated carbocycles. The molecule has 2 heterocycles. The van der Waals surface area contributed by atoms with E-state index in [1.807, 2.05) is 26.8 Å². The largest absolute Gasteiger partial charge is 0.480 e. The summed E-state index contributed by atoms with van der Waals surface area (Å²) < 4.78 is 0. The zero-order chi connectivity index (χ0) is 16.3. The van der Waals surface area contributed by atoms with E-state index in [4.69, 9.17) is 0 Å². The van der Waals surface area contributed by atoms with E-state index in [0.717, 1.165) is 17.8 Å². The van der Waals surface area contributed by atoms with Crippen molar-refractivity contribution in [2.75, 3.05) is 12.3 Å². The molecule has 0 aliphatic carbocycles. The number of likely N-dealkylation sites (tertiary alicyclic amines) is 1. The number of hydrogen-bond acceptors (Lipinski definition) is 5. The number of hydrogen-bond donors (Lipinski definition) is 1. The lowest BCUT2D eigenvalue weighted by Crippen LogP contribution is -2.50. The van der Waals surface area contributed by atoms with Gasteiger partial charge in [0.25, 0.3) is 0 Å². The lowest BCUT2D eigenvalue weighted by atomic mass is 9.92. The average Bonchev–Trinajstić information content (AvgIpc) is 2.43. The van der Waals surface area contributed by atoms with Crippen molar-refractivity contribution in [2.45, 2.75) is 44.8 Å². The summed E-state index contributed by atoms with van der Waals surface area (Å²) in [6.07, 6.45) is 1.37. The van der Waals surface area contributed by atoms with Crippen molar-refractivity contribution in [2.24, 2.45) is 5.92 Å². The first-order chi connectivity index (χ1) is 10.4. The van der Waals surface area contributed by atoms with E-state index < -0.39 is 12.0 Å². The number of thioether (sulfide) groups is 1. The third kappa shape index (κ3) is 4.19. The fraction of sp³-hybridized carbons (Fsp3) is 0.600. The molecular weight excluding hydrogens is 302 g/mol. The van der Waals surface area contributed by atoms with Gasteiger partial charge in [0.05, 0.1) is 5.75 Å². The van der Waals surface area contributed by atoms with Gasteiger partial charge in [-0.25, -0.2) is 14.8 Å². The molecule has 2 unspecified atom stereocenters. The highest BCUT2D eigenvalue weighted by Crippen LogP contribution is 2.24. The second-order valence-corrected chi connectivity index (χ2v) is 6.74. The van der Waals surface area contributed by atoms with Crippen LogP contribution in [0.15, 0.2) is 11.2 Å². The van der Waals surface area contributed by atoms with Gasteiger partial charge in [-0.15, -0.1) is 0 Å². The Morgan fingerprint density at radius 2 is 2.00 bits per heavy atom. The normalized spacial score (nSPS) is 21.7. The van der Waals surface area contributed by atoms with E-state index in [-0.39, 0.29) is 11.7 Å². The molecule has 1 aromatic heterocycles. The number of rotatable bonds is 4. The van der Waals surface area contributed by atoms with Crippen molar-refractivity contribution in [1.29, 1.82) is 0 Å². The predicted octanol–water partition coefficient (Wildman–Crippen LogP) is 1.90. The van der Waals surface area contributed by atoms with E-state index in [1.54, 1.807) is 0 Å². The molecule has 22 heavy (non-hydrogen) atoms. The SMILES string of the molecule is Cc1cc(C)nc(SCC(=O)N2CCC(C)CC2C(=O)O)n1. The van der Waals surface area contributed by atoms with Crippen LogP contribution >= 0.6 is 11.8 Å². The maximum atomic E-state index is 12.3. The van der Waals surface area contributed by atoms with Gasteiger partial charge in [0, 0.05) is 17.9 Å². The summed E-state index contributed by atoms with van der Waals surface area (Å²) in [5.74, 6) is -0.582. The molecule has 2 rings (SSSR count). The zero-order valence-corrected chi connectivity index (χ0v) is 13.9. The van der Waals surface area contributed by atoms with E-state index >= 15 is 0 Å². The van der Waals surface area contributed by atoms with Gasteiger partial charge in [-0.3, -0.25) is 4.79 Å². The number of carboxylic acids is 1. The Hall–Kier alpha value is -1.63. The summed E-state index contributed by atoms with van der Waals surface area (Å²) in [5.41, 5.74) is 1.72. The molecule has 7 heteroatoms. The van der Waals surface area contributed by atoms with Crippen LogP contribution in [0.3, 0.4) is 0 Å². The smallest absolute Gasteiger partial charge is 0.326 e. The number of carbonyl (C=O) groups excluding carboxylic acids is 1. The van der Waals surface area contributed by atoms with Gasteiger partial charge < -0.3 is 10.0 Å². The van der Waals surface area contributed by atoms with Gasteiger partial charge >= 0.3 is 5.97 Å². The van der Waals surface area contributed by atoms with Crippen LogP contribution in [-0.4, -0.2) is 50.2 Å². The minimum atomic E-state index is -0.924. The quantitative estimate of drug-likeness (QED) is 0.673. The number of carbonyl (C=O) groups is 2. The van der Waals surface area contributed by atoms with Crippen LogP contribution in [0.4, 0.5) is 0 Å². The van der Waals surface area contributed by atoms with E-state index in [2.05, 4.69) is 9.97 Å². The van der Waals surface area contributed by atoms with Crippen molar-refractivity contribution in [3.8, 4) is 0 Å². The molecule has 6 nitrogen and oxygen atoms in total. The molecule has 2 atom stereocenters. The summed E-state index contributed by atoms with van der Waals surface area (Å²) >= 11 is 1.26. The lowest BCUT2D eigenvalue weighted by molar-refractivity contribution is -0.151. The number of aliphatic carboxylic acids is 1. The van der Waals surface area contributed by atoms with Gasteiger partial charge in [0.2, 0.25) is 5.91 Å². The molecule has 0 aromatic carbocycles. The Labute approximate surface area is 134 Å².